The van der Waals surface area contributed by atoms with Gasteiger partial charge < -0.3 is 9.64 Å². The van der Waals surface area contributed by atoms with Crippen molar-refractivity contribution in [1.29, 1.82) is 0 Å². The number of rotatable bonds is 10. The molecule has 0 unspecified atom stereocenters. The number of ether oxygens (including phenoxy) is 1. The predicted molar refractivity (Wildman–Crippen MR) is 101 cm³/mol. The zero-order valence-corrected chi connectivity index (χ0v) is 15.3. The summed E-state index contributed by atoms with van der Waals surface area (Å²) in [6.45, 7) is 5.42. The van der Waals surface area contributed by atoms with Crippen LogP contribution in [0.3, 0.4) is 0 Å². The molecule has 134 valence electrons. The molecule has 6 heteroatoms. The fourth-order valence-corrected chi connectivity index (χ4v) is 2.49. The van der Waals surface area contributed by atoms with Crippen LogP contribution >= 0.6 is 0 Å². The third kappa shape index (κ3) is 6.51. The first kappa shape index (κ1) is 18.9. The topological polar surface area (TPSA) is 54.4 Å². The number of likely N-dealkylation sites (N-methyl/N-ethyl adjacent to an activating group) is 1. The Hall–Kier alpha value is -2.47. The minimum atomic E-state index is 0.0198. The molecule has 0 saturated carbocycles. The van der Waals surface area contributed by atoms with E-state index in [2.05, 4.69) is 39.5 Å². The Bertz CT molecular complexity index is 647. The lowest BCUT2D eigenvalue weighted by Gasteiger charge is -2.24. The van der Waals surface area contributed by atoms with Gasteiger partial charge in [0, 0.05) is 39.6 Å². The Morgan fingerprint density at radius 2 is 2.04 bits per heavy atom. The molecule has 0 radical (unpaired) electrons. The maximum atomic E-state index is 6.11. The number of aromatic nitrogens is 3. The zero-order valence-electron chi connectivity index (χ0n) is 15.3. The van der Waals surface area contributed by atoms with E-state index in [1.165, 1.54) is 5.56 Å². The number of pyridine rings is 1. The van der Waals surface area contributed by atoms with Gasteiger partial charge in [0.1, 0.15) is 6.10 Å². The molecule has 1 atom stereocenters. The van der Waals surface area contributed by atoms with E-state index in [0.29, 0.717) is 5.88 Å². The van der Waals surface area contributed by atoms with E-state index >= 15 is 0 Å². The second-order valence-corrected chi connectivity index (χ2v) is 6.27. The monoisotopic (exact) mass is 341 g/mol. The summed E-state index contributed by atoms with van der Waals surface area (Å²) in [4.78, 5) is 17.0. The first-order valence-corrected chi connectivity index (χ1v) is 8.43. The molecule has 0 spiro atoms. The summed E-state index contributed by atoms with van der Waals surface area (Å²) in [5.74, 6) is 1.33. The Balaban J connectivity index is 2.00. The molecule has 2 aromatic rings. The third-order valence-electron chi connectivity index (χ3n) is 3.73. The Morgan fingerprint density at radius 3 is 2.72 bits per heavy atom. The second-order valence-electron chi connectivity index (χ2n) is 6.27. The summed E-state index contributed by atoms with van der Waals surface area (Å²) in [5.41, 5.74) is 1.18. The summed E-state index contributed by atoms with van der Waals surface area (Å²) in [6, 6.07) is 4.03. The standard InChI is InChI=1S/C19H27N5O/c1-5-6-9-17(15-24(4)14-16-8-7-10-20-11-16)25-19-13-21-12-18(22-19)23(2)3/h5,7-8,10-13,17H,1,6,9,14-15H2,2-4H3/t17-/m1/s1. The van der Waals surface area contributed by atoms with Crippen molar-refractivity contribution in [2.75, 3.05) is 32.6 Å². The number of anilines is 1. The first-order valence-electron chi connectivity index (χ1n) is 8.43. The summed E-state index contributed by atoms with van der Waals surface area (Å²) in [7, 11) is 5.95. The van der Waals surface area contributed by atoms with Crippen molar-refractivity contribution in [3.05, 3.63) is 55.1 Å². The van der Waals surface area contributed by atoms with Gasteiger partial charge in [0.25, 0.3) is 0 Å². The average Bonchev–Trinajstić information content (AvgIpc) is 2.60. The van der Waals surface area contributed by atoms with Gasteiger partial charge in [0.15, 0.2) is 5.82 Å². The van der Waals surface area contributed by atoms with Crippen LogP contribution in [-0.4, -0.2) is 53.6 Å². The van der Waals surface area contributed by atoms with Crippen molar-refractivity contribution in [3.63, 3.8) is 0 Å². The summed E-state index contributed by atoms with van der Waals surface area (Å²) in [5, 5.41) is 0. The Morgan fingerprint density at radius 1 is 1.20 bits per heavy atom. The van der Waals surface area contributed by atoms with E-state index in [9.17, 15) is 0 Å². The van der Waals surface area contributed by atoms with Crippen LogP contribution in [0.25, 0.3) is 0 Å². The zero-order chi connectivity index (χ0) is 18.1. The lowest BCUT2D eigenvalue weighted by molar-refractivity contribution is 0.131. The van der Waals surface area contributed by atoms with E-state index < -0.39 is 0 Å². The molecule has 0 amide bonds. The summed E-state index contributed by atoms with van der Waals surface area (Å²) >= 11 is 0. The van der Waals surface area contributed by atoms with Gasteiger partial charge in [-0.05, 0) is 31.5 Å². The first-order chi connectivity index (χ1) is 12.1. The van der Waals surface area contributed by atoms with Crippen LogP contribution in [0.2, 0.25) is 0 Å². The molecule has 2 heterocycles. The van der Waals surface area contributed by atoms with Gasteiger partial charge in [0.05, 0.1) is 12.4 Å². The van der Waals surface area contributed by atoms with Crippen molar-refractivity contribution in [1.82, 2.24) is 19.9 Å². The molecule has 0 bridgehead atoms. The van der Waals surface area contributed by atoms with Gasteiger partial charge in [-0.25, -0.2) is 0 Å². The van der Waals surface area contributed by atoms with Crippen molar-refractivity contribution in [2.24, 2.45) is 0 Å². The maximum absolute atomic E-state index is 6.11. The quantitative estimate of drug-likeness (QED) is 0.620. The summed E-state index contributed by atoms with van der Waals surface area (Å²) in [6.07, 6.45) is 10.8. The van der Waals surface area contributed by atoms with Crippen molar-refractivity contribution >= 4 is 5.82 Å². The summed E-state index contributed by atoms with van der Waals surface area (Å²) < 4.78 is 6.11. The lowest BCUT2D eigenvalue weighted by Crippen LogP contribution is -2.33. The fraction of sp³-hybridized carbons (Fsp3) is 0.421. The number of nitrogens with zero attached hydrogens (tertiary/aromatic N) is 5. The van der Waals surface area contributed by atoms with Gasteiger partial charge >= 0.3 is 0 Å². The van der Waals surface area contributed by atoms with Crippen LogP contribution < -0.4 is 9.64 Å². The van der Waals surface area contributed by atoms with Crippen LogP contribution in [-0.2, 0) is 6.54 Å². The van der Waals surface area contributed by atoms with Crippen LogP contribution in [0.4, 0.5) is 5.82 Å². The van der Waals surface area contributed by atoms with Crippen molar-refractivity contribution < 1.29 is 4.74 Å². The van der Waals surface area contributed by atoms with E-state index in [4.69, 9.17) is 4.74 Å². The highest BCUT2D eigenvalue weighted by atomic mass is 16.5. The molecular weight excluding hydrogens is 314 g/mol. The number of hydrogen-bond donors (Lipinski definition) is 0. The molecule has 0 aliphatic heterocycles. The molecule has 0 aromatic carbocycles. The number of hydrogen-bond acceptors (Lipinski definition) is 6. The van der Waals surface area contributed by atoms with Crippen molar-refractivity contribution in [3.8, 4) is 5.88 Å². The van der Waals surface area contributed by atoms with Crippen LogP contribution in [0.5, 0.6) is 5.88 Å². The molecule has 25 heavy (non-hydrogen) atoms. The van der Waals surface area contributed by atoms with Crippen LogP contribution in [0.15, 0.2) is 49.6 Å². The van der Waals surface area contributed by atoms with Crippen LogP contribution in [0.1, 0.15) is 18.4 Å². The van der Waals surface area contributed by atoms with Gasteiger partial charge in [0.2, 0.25) is 5.88 Å². The Kier molecular flexibility index (Phi) is 7.35. The highest BCUT2D eigenvalue weighted by Gasteiger charge is 2.15. The molecule has 0 fully saturated rings. The fourth-order valence-electron chi connectivity index (χ4n) is 2.49. The molecule has 2 rings (SSSR count). The minimum absolute atomic E-state index is 0.0198. The average molecular weight is 341 g/mol. The molecule has 0 aliphatic carbocycles. The Labute approximate surface area is 150 Å². The molecule has 0 aliphatic rings. The number of allylic oxidation sites excluding steroid dienone is 1. The van der Waals surface area contributed by atoms with Gasteiger partial charge in [-0.3, -0.25) is 14.9 Å². The highest BCUT2D eigenvalue weighted by Crippen LogP contribution is 2.16. The van der Waals surface area contributed by atoms with Crippen molar-refractivity contribution in [2.45, 2.75) is 25.5 Å². The molecule has 0 saturated heterocycles. The van der Waals surface area contributed by atoms with Gasteiger partial charge in [-0.1, -0.05) is 12.1 Å². The smallest absolute Gasteiger partial charge is 0.234 e. The SMILES string of the molecule is C=CCC[C@H](CN(C)Cc1cccnc1)Oc1cncc(N(C)C)n1. The minimum Gasteiger partial charge on any atom is -0.472 e. The van der Waals surface area contributed by atoms with Gasteiger partial charge in [-0.2, -0.15) is 4.98 Å². The normalized spacial score (nSPS) is 12.0. The second kappa shape index (κ2) is 9.74. The van der Waals surface area contributed by atoms with E-state index in [-0.39, 0.29) is 6.10 Å². The molecule has 6 nitrogen and oxygen atoms in total. The highest BCUT2D eigenvalue weighted by molar-refractivity contribution is 5.35. The molecular formula is C19H27N5O. The van der Waals surface area contributed by atoms with E-state index in [1.54, 1.807) is 18.6 Å². The van der Waals surface area contributed by atoms with E-state index in [0.717, 1.165) is 31.7 Å². The van der Waals surface area contributed by atoms with Gasteiger partial charge in [-0.15, -0.1) is 6.58 Å². The maximum Gasteiger partial charge on any atom is 0.234 e. The lowest BCUT2D eigenvalue weighted by atomic mass is 10.1. The molecule has 0 N–H and O–H groups in total. The molecule has 2 aromatic heterocycles. The third-order valence-corrected chi connectivity index (χ3v) is 3.73. The van der Waals surface area contributed by atoms with Crippen LogP contribution in [0, 0.1) is 0 Å². The largest absolute Gasteiger partial charge is 0.472 e. The predicted octanol–water partition coefficient (Wildman–Crippen LogP) is 2.78. The van der Waals surface area contributed by atoms with E-state index in [1.807, 2.05) is 37.3 Å².